The minimum Gasteiger partial charge on any atom is -0.349 e. The topological polar surface area (TPSA) is 58.1 Å². The van der Waals surface area contributed by atoms with Crippen LogP contribution >= 0.6 is 0 Å². The van der Waals surface area contributed by atoms with Crippen LogP contribution in [0, 0.1) is 0 Å². The van der Waals surface area contributed by atoms with E-state index in [1.165, 1.54) is 18.3 Å². The molecule has 1 aliphatic carbocycles. The normalized spacial score (nSPS) is 22.7. The monoisotopic (exact) mass is 542 g/mol. The smallest absolute Gasteiger partial charge is 0.349 e. The second-order valence-electron chi connectivity index (χ2n) is 10.3. The Morgan fingerprint density at radius 2 is 1.87 bits per heavy atom. The van der Waals surface area contributed by atoms with Gasteiger partial charge in [-0.15, -0.1) is 0 Å². The number of nitrogens with zero attached hydrogens (tertiary/aromatic N) is 3. The van der Waals surface area contributed by atoms with E-state index in [-0.39, 0.29) is 30.9 Å². The summed E-state index contributed by atoms with van der Waals surface area (Å²) in [5.41, 5.74) is 0.193. The Labute approximate surface area is 218 Å². The summed E-state index contributed by atoms with van der Waals surface area (Å²) >= 11 is 0. The maximum Gasteiger partial charge on any atom is 0.389 e. The summed E-state index contributed by atoms with van der Waals surface area (Å²) in [6, 6.07) is 5.97. The molecule has 0 bridgehead atoms. The fourth-order valence-corrected chi connectivity index (χ4v) is 5.24. The average Bonchev–Trinajstić information content (AvgIpc) is 3.09. The summed E-state index contributed by atoms with van der Waals surface area (Å²) in [6.07, 6.45) is -3.85. The number of carbonyl (C=O) groups is 1. The van der Waals surface area contributed by atoms with Crippen molar-refractivity contribution in [3.05, 3.63) is 58.7 Å². The summed E-state index contributed by atoms with van der Waals surface area (Å²) in [5, 5.41) is 2.76. The van der Waals surface area contributed by atoms with Crippen LogP contribution in [0.25, 0.3) is 0 Å². The molecular formula is C27H32F6N4O. The first-order valence-electron chi connectivity index (χ1n) is 13.0. The maximum absolute atomic E-state index is 15.6. The van der Waals surface area contributed by atoms with E-state index >= 15 is 4.39 Å². The molecule has 1 N–H and O–H groups in total. The third-order valence-electron chi connectivity index (χ3n) is 7.54. The van der Waals surface area contributed by atoms with Gasteiger partial charge in [-0.25, -0.2) is 13.2 Å². The molecule has 2 aromatic rings. The van der Waals surface area contributed by atoms with Crippen LogP contribution in [0.1, 0.15) is 78.0 Å². The Bertz CT molecular complexity index is 1100. The molecule has 2 aliphatic rings. The van der Waals surface area contributed by atoms with Crippen molar-refractivity contribution < 1.29 is 31.1 Å². The first-order valence-corrected chi connectivity index (χ1v) is 13.0. The summed E-state index contributed by atoms with van der Waals surface area (Å²) in [7, 11) is 0. The van der Waals surface area contributed by atoms with Crippen LogP contribution < -0.4 is 5.32 Å². The Morgan fingerprint density at radius 3 is 2.58 bits per heavy atom. The quantitative estimate of drug-likeness (QED) is 0.430. The maximum atomic E-state index is 15.6. The van der Waals surface area contributed by atoms with E-state index in [0.29, 0.717) is 50.9 Å². The average molecular weight is 543 g/mol. The number of hydrogen-bond donors (Lipinski definition) is 1. The molecule has 0 saturated heterocycles. The van der Waals surface area contributed by atoms with Crippen LogP contribution in [0.4, 0.5) is 26.3 Å². The second kappa shape index (κ2) is 12.0. The molecule has 0 radical (unpaired) electrons. The number of rotatable bonds is 8. The lowest BCUT2D eigenvalue weighted by Crippen LogP contribution is -2.43. The highest BCUT2D eigenvalue weighted by molar-refractivity contribution is 5.95. The summed E-state index contributed by atoms with van der Waals surface area (Å²) < 4.78 is 79.5. The third kappa shape index (κ3) is 7.68. The molecule has 1 amide bonds. The summed E-state index contributed by atoms with van der Waals surface area (Å²) in [5.74, 6) is -0.621. The predicted octanol–water partition coefficient (Wildman–Crippen LogP) is 5.78. The van der Waals surface area contributed by atoms with Crippen LogP contribution in [0.2, 0.25) is 0 Å². The number of alkyl halides is 6. The van der Waals surface area contributed by atoms with Gasteiger partial charge in [0.25, 0.3) is 12.3 Å². The Kier molecular flexibility index (Phi) is 8.95. The number of pyridine rings is 2. The van der Waals surface area contributed by atoms with Crippen molar-refractivity contribution in [2.45, 2.75) is 82.1 Å². The summed E-state index contributed by atoms with van der Waals surface area (Å²) in [6.45, 7) is 1.94. The van der Waals surface area contributed by atoms with Crippen LogP contribution in [-0.4, -0.2) is 58.3 Å². The van der Waals surface area contributed by atoms with E-state index in [4.69, 9.17) is 0 Å². The van der Waals surface area contributed by atoms with Gasteiger partial charge in [0.1, 0.15) is 11.4 Å². The van der Waals surface area contributed by atoms with Crippen molar-refractivity contribution in [2.75, 3.05) is 19.6 Å². The summed E-state index contributed by atoms with van der Waals surface area (Å²) in [4.78, 5) is 22.8. The molecule has 4 rings (SSSR count). The van der Waals surface area contributed by atoms with Crippen LogP contribution in [-0.2, 0) is 19.3 Å². The van der Waals surface area contributed by atoms with Crippen molar-refractivity contribution in [2.24, 2.45) is 0 Å². The molecule has 0 unspecified atom stereocenters. The third-order valence-corrected chi connectivity index (χ3v) is 7.54. The van der Waals surface area contributed by atoms with Crippen molar-refractivity contribution in [3.8, 4) is 0 Å². The van der Waals surface area contributed by atoms with E-state index < -0.39 is 36.3 Å². The van der Waals surface area contributed by atoms with E-state index in [0.717, 1.165) is 17.8 Å². The van der Waals surface area contributed by atoms with Gasteiger partial charge >= 0.3 is 6.18 Å². The van der Waals surface area contributed by atoms with Gasteiger partial charge < -0.3 is 10.2 Å². The number of aromatic nitrogens is 2. The Balaban J connectivity index is 1.23. The number of nitrogens with one attached hydrogen (secondary N) is 1. The van der Waals surface area contributed by atoms with Gasteiger partial charge in [-0.3, -0.25) is 14.8 Å². The lowest BCUT2D eigenvalue weighted by atomic mass is 9.81. The van der Waals surface area contributed by atoms with Gasteiger partial charge in [0.05, 0.1) is 5.56 Å². The van der Waals surface area contributed by atoms with Gasteiger partial charge in [0.2, 0.25) is 0 Å². The highest BCUT2D eigenvalue weighted by Gasteiger charge is 2.36. The molecule has 0 spiro atoms. The first-order chi connectivity index (χ1) is 18.0. The van der Waals surface area contributed by atoms with Gasteiger partial charge in [-0.1, -0.05) is 6.07 Å². The van der Waals surface area contributed by atoms with Crippen molar-refractivity contribution in [1.29, 1.82) is 0 Å². The molecule has 1 saturated carbocycles. The first kappa shape index (κ1) is 28.3. The fourth-order valence-electron chi connectivity index (χ4n) is 5.24. The number of amides is 1. The zero-order chi connectivity index (χ0) is 27.3. The molecule has 11 heteroatoms. The number of hydrogen-bond acceptors (Lipinski definition) is 4. The van der Waals surface area contributed by atoms with Crippen molar-refractivity contribution >= 4 is 5.91 Å². The Hall–Kier alpha value is -2.69. The standard InChI is InChI=1S/C27H32F6N4O/c28-24(29)23-21(2-1-14-34-23)25(38)36-20-5-10-26(30,11-6-20)13-17-37-15-8-18-3-4-19(7-12-27(31,32)33)35-22(18)9-16-37/h1-4,14,20,24H,5-13,15-17H2,(H,36,38). The number of aryl methyl sites for hydroxylation is 1. The molecule has 2 aromatic heterocycles. The second-order valence-corrected chi connectivity index (χ2v) is 10.3. The molecule has 1 fully saturated rings. The SMILES string of the molecule is O=C(NC1CCC(F)(CCN2CCc3ccc(CCC(F)(F)F)nc3CC2)CC1)c1cccnc1C(F)F. The molecule has 1 aliphatic heterocycles. The predicted molar refractivity (Wildman–Crippen MR) is 130 cm³/mol. The van der Waals surface area contributed by atoms with E-state index in [9.17, 15) is 26.7 Å². The van der Waals surface area contributed by atoms with Gasteiger partial charge in [0, 0.05) is 56.1 Å². The van der Waals surface area contributed by atoms with E-state index in [1.54, 1.807) is 6.07 Å². The number of halogens is 6. The molecule has 0 atom stereocenters. The van der Waals surface area contributed by atoms with E-state index in [1.807, 2.05) is 6.07 Å². The molecule has 3 heterocycles. The molecular weight excluding hydrogens is 510 g/mol. The number of carbonyl (C=O) groups excluding carboxylic acids is 1. The zero-order valence-corrected chi connectivity index (χ0v) is 21.0. The van der Waals surface area contributed by atoms with Crippen LogP contribution in [0.5, 0.6) is 0 Å². The van der Waals surface area contributed by atoms with Crippen LogP contribution in [0.15, 0.2) is 30.5 Å². The minimum atomic E-state index is -4.21. The van der Waals surface area contributed by atoms with Crippen molar-refractivity contribution in [1.82, 2.24) is 20.2 Å². The van der Waals surface area contributed by atoms with Gasteiger partial charge in [-0.2, -0.15) is 13.2 Å². The fraction of sp³-hybridized carbons (Fsp3) is 0.593. The molecule has 0 aromatic carbocycles. The highest BCUT2D eigenvalue weighted by Crippen LogP contribution is 2.35. The lowest BCUT2D eigenvalue weighted by molar-refractivity contribution is -0.134. The lowest BCUT2D eigenvalue weighted by Gasteiger charge is -2.35. The minimum absolute atomic E-state index is 0.137. The van der Waals surface area contributed by atoms with Gasteiger partial charge in [0.15, 0.2) is 0 Å². The van der Waals surface area contributed by atoms with Gasteiger partial charge in [-0.05, 0) is 68.7 Å². The molecule has 5 nitrogen and oxygen atoms in total. The largest absolute Gasteiger partial charge is 0.389 e. The zero-order valence-electron chi connectivity index (χ0n) is 21.0. The van der Waals surface area contributed by atoms with Crippen molar-refractivity contribution in [3.63, 3.8) is 0 Å². The Morgan fingerprint density at radius 1 is 1.13 bits per heavy atom. The highest BCUT2D eigenvalue weighted by atomic mass is 19.4. The molecule has 38 heavy (non-hydrogen) atoms. The molecule has 208 valence electrons. The van der Waals surface area contributed by atoms with Crippen LogP contribution in [0.3, 0.4) is 0 Å². The number of fused-ring (bicyclic) bond motifs is 1. The van der Waals surface area contributed by atoms with E-state index in [2.05, 4.69) is 20.2 Å².